The second-order valence-corrected chi connectivity index (χ2v) is 4.92. The lowest BCUT2D eigenvalue weighted by Crippen LogP contribution is -2.34. The molecule has 1 N–H and O–H groups in total. The molecule has 1 saturated carbocycles. The van der Waals surface area contributed by atoms with Gasteiger partial charge in [0.15, 0.2) is 0 Å². The van der Waals surface area contributed by atoms with E-state index in [9.17, 15) is 0 Å². The fourth-order valence-electron chi connectivity index (χ4n) is 1.73. The van der Waals surface area contributed by atoms with Gasteiger partial charge < -0.3 is 15.0 Å². The molecule has 0 heterocycles. The predicted octanol–water partition coefficient (Wildman–Crippen LogP) is 1.34. The van der Waals surface area contributed by atoms with Crippen molar-refractivity contribution in [1.82, 2.24) is 10.2 Å². The van der Waals surface area contributed by atoms with E-state index in [2.05, 4.69) is 31.1 Å². The first-order valence-corrected chi connectivity index (χ1v) is 6.11. The van der Waals surface area contributed by atoms with E-state index in [4.69, 9.17) is 4.74 Å². The minimum atomic E-state index is 0.350. The van der Waals surface area contributed by atoms with Crippen LogP contribution in [0.5, 0.6) is 0 Å². The third-order valence-electron chi connectivity index (χ3n) is 3.10. The molecule has 1 aliphatic carbocycles. The van der Waals surface area contributed by atoms with Crippen LogP contribution in [0.25, 0.3) is 0 Å². The molecule has 1 atom stereocenters. The van der Waals surface area contributed by atoms with E-state index in [0.29, 0.717) is 12.0 Å². The Morgan fingerprint density at radius 2 is 2.07 bits per heavy atom. The summed E-state index contributed by atoms with van der Waals surface area (Å²) in [5.41, 5.74) is 0. The minimum Gasteiger partial charge on any atom is -0.375 e. The van der Waals surface area contributed by atoms with E-state index in [0.717, 1.165) is 25.7 Å². The molecular weight excluding hydrogens is 188 g/mol. The van der Waals surface area contributed by atoms with Crippen LogP contribution < -0.4 is 5.32 Å². The van der Waals surface area contributed by atoms with Gasteiger partial charge in [0.2, 0.25) is 0 Å². The van der Waals surface area contributed by atoms with Crippen LogP contribution >= 0.6 is 0 Å². The summed E-state index contributed by atoms with van der Waals surface area (Å²) in [6.45, 7) is 7.30. The molecule has 0 spiro atoms. The van der Waals surface area contributed by atoms with Gasteiger partial charge in [0, 0.05) is 19.1 Å². The molecule has 0 aromatic carbocycles. The van der Waals surface area contributed by atoms with E-state index in [1.54, 1.807) is 0 Å². The van der Waals surface area contributed by atoms with Crippen molar-refractivity contribution in [2.75, 3.05) is 33.8 Å². The smallest absolute Gasteiger partial charge is 0.0722 e. The highest BCUT2D eigenvalue weighted by Gasteiger charge is 2.25. The zero-order valence-corrected chi connectivity index (χ0v) is 10.6. The Kier molecular flexibility index (Phi) is 5.58. The third kappa shape index (κ3) is 4.96. The summed E-state index contributed by atoms with van der Waals surface area (Å²) in [5, 5.41) is 3.18. The summed E-state index contributed by atoms with van der Waals surface area (Å²) in [7, 11) is 4.18. The first-order chi connectivity index (χ1) is 7.15. The number of hydrogen-bond donors (Lipinski definition) is 1. The maximum atomic E-state index is 5.89. The quantitative estimate of drug-likeness (QED) is 0.660. The maximum absolute atomic E-state index is 5.89. The summed E-state index contributed by atoms with van der Waals surface area (Å²) in [4.78, 5) is 2.41. The molecule has 1 rings (SSSR count). The van der Waals surface area contributed by atoms with Crippen molar-refractivity contribution in [1.29, 1.82) is 0 Å². The third-order valence-corrected chi connectivity index (χ3v) is 3.10. The molecule has 1 aliphatic rings. The summed E-state index contributed by atoms with van der Waals surface area (Å²) < 4.78 is 5.89. The Morgan fingerprint density at radius 3 is 2.53 bits per heavy atom. The molecule has 0 saturated heterocycles. The van der Waals surface area contributed by atoms with Crippen LogP contribution in [0.1, 0.15) is 26.7 Å². The van der Waals surface area contributed by atoms with Crippen molar-refractivity contribution >= 4 is 0 Å². The van der Waals surface area contributed by atoms with Crippen molar-refractivity contribution in [3.8, 4) is 0 Å². The van der Waals surface area contributed by atoms with Crippen LogP contribution in [-0.2, 0) is 4.74 Å². The molecule has 3 heteroatoms. The molecule has 1 fully saturated rings. The highest BCUT2D eigenvalue weighted by atomic mass is 16.5. The topological polar surface area (TPSA) is 24.5 Å². The summed E-state index contributed by atoms with van der Waals surface area (Å²) >= 11 is 0. The number of hydrogen-bond acceptors (Lipinski definition) is 3. The standard InChI is InChI=1S/C12H26N2O/c1-10(2)12(9-13-3)15-8-7-14(4)11-5-6-11/h10-13H,5-9H2,1-4H3. The van der Waals surface area contributed by atoms with Crippen LogP contribution in [0.2, 0.25) is 0 Å². The van der Waals surface area contributed by atoms with Gasteiger partial charge in [-0.15, -0.1) is 0 Å². The van der Waals surface area contributed by atoms with Crippen molar-refractivity contribution < 1.29 is 4.74 Å². The van der Waals surface area contributed by atoms with Gasteiger partial charge in [0.1, 0.15) is 0 Å². The summed E-state index contributed by atoms with van der Waals surface area (Å²) in [5.74, 6) is 0.587. The van der Waals surface area contributed by atoms with E-state index >= 15 is 0 Å². The van der Waals surface area contributed by atoms with Crippen LogP contribution in [0, 0.1) is 5.92 Å². The first kappa shape index (κ1) is 12.9. The monoisotopic (exact) mass is 214 g/mol. The van der Waals surface area contributed by atoms with Crippen molar-refractivity contribution in [2.24, 2.45) is 5.92 Å². The maximum Gasteiger partial charge on any atom is 0.0722 e. The fourth-order valence-corrected chi connectivity index (χ4v) is 1.73. The first-order valence-electron chi connectivity index (χ1n) is 6.11. The van der Waals surface area contributed by atoms with Gasteiger partial charge in [-0.2, -0.15) is 0 Å². The lowest BCUT2D eigenvalue weighted by Gasteiger charge is -2.23. The van der Waals surface area contributed by atoms with E-state index < -0.39 is 0 Å². The van der Waals surface area contributed by atoms with Crippen molar-refractivity contribution in [2.45, 2.75) is 38.8 Å². The summed E-state index contributed by atoms with van der Waals surface area (Å²) in [6, 6.07) is 0.843. The Hall–Kier alpha value is -0.120. The van der Waals surface area contributed by atoms with Gasteiger partial charge in [-0.1, -0.05) is 13.8 Å². The lowest BCUT2D eigenvalue weighted by atomic mass is 10.1. The molecule has 0 radical (unpaired) electrons. The lowest BCUT2D eigenvalue weighted by molar-refractivity contribution is 0.0142. The van der Waals surface area contributed by atoms with E-state index in [-0.39, 0.29) is 0 Å². The molecule has 0 bridgehead atoms. The summed E-state index contributed by atoms with van der Waals surface area (Å²) in [6.07, 6.45) is 3.10. The van der Waals surface area contributed by atoms with Gasteiger partial charge in [0.25, 0.3) is 0 Å². The van der Waals surface area contributed by atoms with Crippen LogP contribution in [0.15, 0.2) is 0 Å². The highest BCUT2D eigenvalue weighted by molar-refractivity contribution is 4.82. The molecule has 3 nitrogen and oxygen atoms in total. The molecule has 1 unspecified atom stereocenters. The van der Waals surface area contributed by atoms with Crippen LogP contribution in [-0.4, -0.2) is 50.8 Å². The van der Waals surface area contributed by atoms with Gasteiger partial charge in [-0.25, -0.2) is 0 Å². The van der Waals surface area contributed by atoms with Gasteiger partial charge in [-0.05, 0) is 32.9 Å². The van der Waals surface area contributed by atoms with Crippen molar-refractivity contribution in [3.63, 3.8) is 0 Å². The Bertz CT molecular complexity index is 169. The minimum absolute atomic E-state index is 0.350. The second-order valence-electron chi connectivity index (χ2n) is 4.92. The largest absolute Gasteiger partial charge is 0.375 e. The molecule has 15 heavy (non-hydrogen) atoms. The molecule has 90 valence electrons. The van der Waals surface area contributed by atoms with E-state index in [1.807, 2.05) is 7.05 Å². The molecule has 0 amide bonds. The zero-order valence-electron chi connectivity index (χ0n) is 10.6. The number of ether oxygens (including phenoxy) is 1. The van der Waals surface area contributed by atoms with Crippen LogP contribution in [0.4, 0.5) is 0 Å². The Balaban J connectivity index is 2.09. The number of likely N-dealkylation sites (N-methyl/N-ethyl adjacent to an activating group) is 2. The molecule has 0 aromatic heterocycles. The Labute approximate surface area is 94.2 Å². The number of nitrogens with one attached hydrogen (secondary N) is 1. The van der Waals surface area contributed by atoms with Crippen LogP contribution in [0.3, 0.4) is 0 Å². The second kappa shape index (κ2) is 6.46. The van der Waals surface area contributed by atoms with Gasteiger partial charge in [-0.3, -0.25) is 0 Å². The highest BCUT2D eigenvalue weighted by Crippen LogP contribution is 2.24. The average Bonchev–Trinajstić information content (AvgIpc) is 2.99. The zero-order chi connectivity index (χ0) is 11.3. The van der Waals surface area contributed by atoms with Gasteiger partial charge >= 0.3 is 0 Å². The molecular formula is C12H26N2O. The molecule has 0 aromatic rings. The normalized spacial score (nSPS) is 18.8. The SMILES string of the molecule is CNCC(OCCN(C)C1CC1)C(C)C. The number of nitrogens with zero attached hydrogens (tertiary/aromatic N) is 1. The fraction of sp³-hybridized carbons (Fsp3) is 1.00. The van der Waals surface area contributed by atoms with Gasteiger partial charge in [0.05, 0.1) is 12.7 Å². The average molecular weight is 214 g/mol. The van der Waals surface area contributed by atoms with E-state index in [1.165, 1.54) is 12.8 Å². The Morgan fingerprint density at radius 1 is 1.40 bits per heavy atom. The predicted molar refractivity (Wildman–Crippen MR) is 64.2 cm³/mol. The number of rotatable bonds is 8. The molecule has 0 aliphatic heterocycles. The van der Waals surface area contributed by atoms with Crippen molar-refractivity contribution in [3.05, 3.63) is 0 Å².